The Morgan fingerprint density at radius 2 is 1.96 bits per heavy atom. The Morgan fingerprint density at radius 1 is 1.25 bits per heavy atom. The lowest BCUT2D eigenvalue weighted by atomic mass is 9.98. The molecule has 1 aliphatic rings. The van der Waals surface area contributed by atoms with Gasteiger partial charge in [-0.2, -0.15) is 5.10 Å². The maximum absolute atomic E-state index is 12.5. The van der Waals surface area contributed by atoms with Crippen molar-refractivity contribution < 1.29 is 8.42 Å². The van der Waals surface area contributed by atoms with E-state index >= 15 is 0 Å². The van der Waals surface area contributed by atoms with E-state index in [-0.39, 0.29) is 17.4 Å². The van der Waals surface area contributed by atoms with Crippen LogP contribution in [0.15, 0.2) is 35.1 Å². The van der Waals surface area contributed by atoms with E-state index in [0.717, 1.165) is 18.5 Å². The number of piperidine rings is 1. The third-order valence-electron chi connectivity index (χ3n) is 4.47. The van der Waals surface area contributed by atoms with E-state index in [1.807, 2.05) is 30.3 Å². The Kier molecular flexibility index (Phi) is 4.60. The summed E-state index contributed by atoms with van der Waals surface area (Å²) < 4.78 is 28.8. The Balaban J connectivity index is 2.01. The Hall–Kier alpha value is -1.93. The van der Waals surface area contributed by atoms with Gasteiger partial charge in [0.1, 0.15) is 5.82 Å². The van der Waals surface area contributed by atoms with Gasteiger partial charge in [-0.05, 0) is 31.9 Å². The Morgan fingerprint density at radius 3 is 2.62 bits per heavy atom. The zero-order valence-electron chi connectivity index (χ0n) is 13.9. The molecule has 7 nitrogen and oxygen atoms in total. The van der Waals surface area contributed by atoms with Crippen LogP contribution in [0.4, 0.5) is 0 Å². The standard InChI is InChI=1S/C16H22N4O3S/c1-3-24(22,23)19-11-7-8-13(12-19)15-17-18(2)16(21)20(15)14-9-5-4-6-10-14/h4-6,9-10,13H,3,7-8,11-12H2,1-2H3. The van der Waals surface area contributed by atoms with E-state index in [1.165, 1.54) is 8.99 Å². The fraction of sp³-hybridized carbons (Fsp3) is 0.500. The quantitative estimate of drug-likeness (QED) is 0.827. The first-order valence-electron chi connectivity index (χ1n) is 8.13. The molecule has 0 aliphatic carbocycles. The monoisotopic (exact) mass is 350 g/mol. The molecule has 2 heterocycles. The second kappa shape index (κ2) is 6.52. The number of aryl methyl sites for hydroxylation is 1. The van der Waals surface area contributed by atoms with Crippen LogP contribution in [-0.4, -0.2) is 45.9 Å². The van der Waals surface area contributed by atoms with Gasteiger partial charge in [0, 0.05) is 26.1 Å². The van der Waals surface area contributed by atoms with Gasteiger partial charge in [-0.3, -0.25) is 0 Å². The molecule has 1 aromatic carbocycles. The molecule has 1 unspecified atom stereocenters. The van der Waals surface area contributed by atoms with Crippen molar-refractivity contribution in [2.24, 2.45) is 7.05 Å². The molecule has 24 heavy (non-hydrogen) atoms. The van der Waals surface area contributed by atoms with Crippen LogP contribution in [0, 0.1) is 0 Å². The summed E-state index contributed by atoms with van der Waals surface area (Å²) in [5.41, 5.74) is 0.535. The molecule has 2 aromatic rings. The smallest absolute Gasteiger partial charge is 0.247 e. The van der Waals surface area contributed by atoms with Crippen molar-refractivity contribution in [2.45, 2.75) is 25.7 Å². The lowest BCUT2D eigenvalue weighted by molar-refractivity contribution is 0.307. The van der Waals surface area contributed by atoms with Crippen molar-refractivity contribution >= 4 is 10.0 Å². The number of para-hydroxylation sites is 1. The van der Waals surface area contributed by atoms with Crippen LogP contribution in [0.5, 0.6) is 0 Å². The van der Waals surface area contributed by atoms with Crippen molar-refractivity contribution in [3.8, 4) is 5.69 Å². The number of nitrogens with zero attached hydrogens (tertiary/aromatic N) is 4. The lowest BCUT2D eigenvalue weighted by Gasteiger charge is -2.31. The maximum atomic E-state index is 12.5. The summed E-state index contributed by atoms with van der Waals surface area (Å²) in [6.45, 7) is 2.56. The highest BCUT2D eigenvalue weighted by Gasteiger charge is 2.32. The third kappa shape index (κ3) is 3.03. The highest BCUT2D eigenvalue weighted by molar-refractivity contribution is 7.89. The predicted octanol–water partition coefficient (Wildman–Crippen LogP) is 1.10. The molecular weight excluding hydrogens is 328 g/mol. The summed E-state index contributed by atoms with van der Waals surface area (Å²) >= 11 is 0. The largest absolute Gasteiger partial charge is 0.350 e. The molecule has 0 saturated carbocycles. The first kappa shape index (κ1) is 16.9. The molecule has 1 aromatic heterocycles. The topological polar surface area (TPSA) is 77.2 Å². The van der Waals surface area contributed by atoms with Crippen LogP contribution >= 0.6 is 0 Å². The first-order valence-corrected chi connectivity index (χ1v) is 9.74. The molecule has 8 heteroatoms. The van der Waals surface area contributed by atoms with Crippen molar-refractivity contribution in [3.63, 3.8) is 0 Å². The summed E-state index contributed by atoms with van der Waals surface area (Å²) in [5.74, 6) is 0.631. The van der Waals surface area contributed by atoms with Gasteiger partial charge in [-0.25, -0.2) is 26.8 Å². The predicted molar refractivity (Wildman–Crippen MR) is 91.8 cm³/mol. The summed E-state index contributed by atoms with van der Waals surface area (Å²) in [6.07, 6.45) is 1.59. The normalized spacial score (nSPS) is 19.5. The highest BCUT2D eigenvalue weighted by Crippen LogP contribution is 2.28. The molecule has 1 atom stereocenters. The van der Waals surface area contributed by atoms with Gasteiger partial charge < -0.3 is 0 Å². The molecule has 1 aliphatic heterocycles. The number of aromatic nitrogens is 3. The van der Waals surface area contributed by atoms with Crippen molar-refractivity contribution in [2.75, 3.05) is 18.8 Å². The molecule has 1 fully saturated rings. The maximum Gasteiger partial charge on any atom is 0.350 e. The van der Waals surface area contributed by atoms with E-state index in [4.69, 9.17) is 0 Å². The minimum absolute atomic E-state index is 0.0887. The summed E-state index contributed by atoms with van der Waals surface area (Å²) in [4.78, 5) is 12.5. The average Bonchev–Trinajstić information content (AvgIpc) is 2.91. The van der Waals surface area contributed by atoms with Gasteiger partial charge in [-0.1, -0.05) is 18.2 Å². The molecule has 130 valence electrons. The molecule has 0 amide bonds. The van der Waals surface area contributed by atoms with Gasteiger partial charge in [0.15, 0.2) is 0 Å². The fourth-order valence-corrected chi connectivity index (χ4v) is 4.34. The van der Waals surface area contributed by atoms with Crippen LogP contribution in [-0.2, 0) is 17.1 Å². The number of hydrogen-bond acceptors (Lipinski definition) is 4. The van der Waals surface area contributed by atoms with E-state index in [0.29, 0.717) is 18.9 Å². The van der Waals surface area contributed by atoms with Gasteiger partial charge in [0.2, 0.25) is 10.0 Å². The van der Waals surface area contributed by atoms with E-state index in [9.17, 15) is 13.2 Å². The Labute approximate surface area is 141 Å². The van der Waals surface area contributed by atoms with Crippen molar-refractivity contribution in [1.29, 1.82) is 0 Å². The van der Waals surface area contributed by atoms with Crippen LogP contribution in [0.25, 0.3) is 5.69 Å². The van der Waals surface area contributed by atoms with Crippen LogP contribution in [0.2, 0.25) is 0 Å². The molecule has 0 bridgehead atoms. The molecular formula is C16H22N4O3S. The fourth-order valence-electron chi connectivity index (χ4n) is 3.16. The SMILES string of the molecule is CCS(=O)(=O)N1CCCC(c2nn(C)c(=O)n2-c2ccccc2)C1. The van der Waals surface area contributed by atoms with E-state index < -0.39 is 10.0 Å². The first-order chi connectivity index (χ1) is 11.4. The van der Waals surface area contributed by atoms with Crippen molar-refractivity contribution in [1.82, 2.24) is 18.7 Å². The number of hydrogen-bond donors (Lipinski definition) is 0. The van der Waals surface area contributed by atoms with Gasteiger partial charge in [0.25, 0.3) is 0 Å². The van der Waals surface area contributed by atoms with Gasteiger partial charge in [-0.15, -0.1) is 0 Å². The summed E-state index contributed by atoms with van der Waals surface area (Å²) in [7, 11) is -1.61. The van der Waals surface area contributed by atoms with E-state index in [2.05, 4.69) is 5.10 Å². The third-order valence-corrected chi connectivity index (χ3v) is 6.32. The lowest BCUT2D eigenvalue weighted by Crippen LogP contribution is -2.40. The highest BCUT2D eigenvalue weighted by atomic mass is 32.2. The van der Waals surface area contributed by atoms with Gasteiger partial charge in [0.05, 0.1) is 11.4 Å². The zero-order chi connectivity index (χ0) is 17.3. The minimum atomic E-state index is -3.23. The molecule has 0 N–H and O–H groups in total. The number of sulfonamides is 1. The average molecular weight is 350 g/mol. The second-order valence-electron chi connectivity index (χ2n) is 6.03. The molecule has 0 spiro atoms. The molecule has 0 radical (unpaired) electrons. The second-order valence-corrected chi connectivity index (χ2v) is 8.29. The van der Waals surface area contributed by atoms with Crippen LogP contribution in [0.3, 0.4) is 0 Å². The van der Waals surface area contributed by atoms with E-state index in [1.54, 1.807) is 18.5 Å². The minimum Gasteiger partial charge on any atom is -0.247 e. The zero-order valence-corrected chi connectivity index (χ0v) is 14.7. The van der Waals surface area contributed by atoms with Crippen LogP contribution in [0.1, 0.15) is 31.5 Å². The number of benzene rings is 1. The summed E-state index contributed by atoms with van der Waals surface area (Å²) in [5, 5.41) is 4.40. The van der Waals surface area contributed by atoms with Crippen LogP contribution < -0.4 is 5.69 Å². The molecule has 1 saturated heterocycles. The molecule has 3 rings (SSSR count). The van der Waals surface area contributed by atoms with Gasteiger partial charge >= 0.3 is 5.69 Å². The van der Waals surface area contributed by atoms with Crippen molar-refractivity contribution in [3.05, 3.63) is 46.6 Å². The Bertz CT molecular complexity index is 870. The number of rotatable bonds is 4. The summed E-state index contributed by atoms with van der Waals surface area (Å²) in [6, 6.07) is 9.34.